The number of hydrogen-bond acceptors (Lipinski definition) is 7. The Hall–Kier alpha value is -3.57. The van der Waals surface area contributed by atoms with Crippen LogP contribution in [0.4, 0.5) is 5.69 Å². The van der Waals surface area contributed by atoms with Gasteiger partial charge in [0.15, 0.2) is 0 Å². The van der Waals surface area contributed by atoms with E-state index in [0.29, 0.717) is 41.4 Å². The Morgan fingerprint density at radius 2 is 2.06 bits per heavy atom. The van der Waals surface area contributed by atoms with Gasteiger partial charge in [-0.2, -0.15) is 9.29 Å². The first kappa shape index (κ1) is 22.2. The van der Waals surface area contributed by atoms with Crippen molar-refractivity contribution >= 4 is 27.3 Å². The summed E-state index contributed by atoms with van der Waals surface area (Å²) < 4.78 is 33.6. The molecule has 1 fully saturated rings. The maximum absolute atomic E-state index is 12.9. The molecule has 3 aromatic heterocycles. The zero-order valence-corrected chi connectivity index (χ0v) is 19.8. The normalized spacial score (nSPS) is 16.6. The molecule has 176 valence electrons. The number of hydrogen-bond donors (Lipinski definition) is 1. The fraction of sp³-hybridized carbons (Fsp3) is 0.304. The highest BCUT2D eigenvalue weighted by Gasteiger charge is 2.43. The van der Waals surface area contributed by atoms with Crippen LogP contribution < -0.4 is 5.32 Å². The standard InChI is InChI=1S/C23H24N6O4S/c1-14(2)34(31,32)29-11-9-18(29)23-26-21(27-33-23)16-8-7-15(3)17(12-16)25-22(30)19-13-24-20-6-4-5-10-28(19)20/h4-8,10,12-14,18H,9,11H2,1-3H3,(H,25,30)/t18-/m0/s1. The SMILES string of the molecule is Cc1ccc(-c2noc([C@@H]3CCN3S(=O)(=O)C(C)C)n2)cc1NC(=O)c1cnc2ccccn12. The molecular weight excluding hydrogens is 456 g/mol. The molecule has 0 radical (unpaired) electrons. The molecule has 0 spiro atoms. The van der Waals surface area contributed by atoms with Gasteiger partial charge in [-0.25, -0.2) is 13.4 Å². The third-order valence-electron chi connectivity index (χ3n) is 6.01. The van der Waals surface area contributed by atoms with Gasteiger partial charge in [0.2, 0.25) is 21.7 Å². The molecule has 4 heterocycles. The zero-order chi connectivity index (χ0) is 24.0. The van der Waals surface area contributed by atoms with Crippen LogP contribution in [-0.4, -0.2) is 50.0 Å². The number of imidazole rings is 1. The number of aryl methyl sites for hydroxylation is 1. The van der Waals surface area contributed by atoms with E-state index < -0.39 is 21.3 Å². The van der Waals surface area contributed by atoms with Gasteiger partial charge in [0, 0.05) is 24.0 Å². The Morgan fingerprint density at radius 1 is 1.24 bits per heavy atom. The van der Waals surface area contributed by atoms with Crippen molar-refractivity contribution in [1.29, 1.82) is 0 Å². The average Bonchev–Trinajstić information content (AvgIpc) is 3.41. The summed E-state index contributed by atoms with van der Waals surface area (Å²) in [6, 6.07) is 10.5. The summed E-state index contributed by atoms with van der Waals surface area (Å²) in [6.07, 6.45) is 3.94. The summed E-state index contributed by atoms with van der Waals surface area (Å²) in [5.41, 5.74) is 3.21. The zero-order valence-electron chi connectivity index (χ0n) is 19.0. The number of rotatable bonds is 6. The summed E-state index contributed by atoms with van der Waals surface area (Å²) in [4.78, 5) is 21.6. The summed E-state index contributed by atoms with van der Waals surface area (Å²) in [7, 11) is -3.40. The smallest absolute Gasteiger partial charge is 0.274 e. The van der Waals surface area contributed by atoms with Gasteiger partial charge in [0.1, 0.15) is 17.4 Å². The van der Waals surface area contributed by atoms with E-state index in [2.05, 4.69) is 20.4 Å². The van der Waals surface area contributed by atoms with Crippen LogP contribution in [0.1, 0.15) is 48.3 Å². The monoisotopic (exact) mass is 480 g/mol. The van der Waals surface area contributed by atoms with E-state index in [-0.39, 0.29) is 11.8 Å². The number of carbonyl (C=O) groups is 1. The predicted octanol–water partition coefficient (Wildman–Crippen LogP) is 3.43. The van der Waals surface area contributed by atoms with Crippen molar-refractivity contribution in [2.24, 2.45) is 0 Å². The third-order valence-corrected chi connectivity index (χ3v) is 8.30. The second-order valence-electron chi connectivity index (χ2n) is 8.52. The number of pyridine rings is 1. The summed E-state index contributed by atoms with van der Waals surface area (Å²) in [5, 5.41) is 6.47. The minimum atomic E-state index is -3.40. The molecule has 1 atom stereocenters. The maximum atomic E-state index is 12.9. The van der Waals surface area contributed by atoms with Crippen molar-refractivity contribution in [3.05, 3.63) is 65.9 Å². The molecule has 34 heavy (non-hydrogen) atoms. The molecule has 11 heteroatoms. The lowest BCUT2D eigenvalue weighted by atomic mass is 10.1. The molecule has 0 saturated carbocycles. The summed E-state index contributed by atoms with van der Waals surface area (Å²) in [6.45, 7) is 5.63. The second kappa shape index (κ2) is 8.33. The van der Waals surface area contributed by atoms with Crippen LogP contribution in [0.5, 0.6) is 0 Å². The number of benzene rings is 1. The van der Waals surface area contributed by atoms with Crippen molar-refractivity contribution in [3.63, 3.8) is 0 Å². The maximum Gasteiger partial charge on any atom is 0.274 e. The first-order valence-electron chi connectivity index (χ1n) is 10.9. The minimum absolute atomic E-state index is 0.266. The van der Waals surface area contributed by atoms with Crippen molar-refractivity contribution in [1.82, 2.24) is 23.8 Å². The van der Waals surface area contributed by atoms with Crippen LogP contribution in [-0.2, 0) is 10.0 Å². The van der Waals surface area contributed by atoms with Gasteiger partial charge < -0.3 is 9.84 Å². The minimum Gasteiger partial charge on any atom is -0.337 e. The third kappa shape index (κ3) is 3.76. The topological polar surface area (TPSA) is 123 Å². The van der Waals surface area contributed by atoms with Gasteiger partial charge >= 0.3 is 0 Å². The second-order valence-corrected chi connectivity index (χ2v) is 11.0. The number of fused-ring (bicyclic) bond motifs is 1. The number of amides is 1. The largest absolute Gasteiger partial charge is 0.337 e. The quantitative estimate of drug-likeness (QED) is 0.448. The van der Waals surface area contributed by atoms with Crippen molar-refractivity contribution in [3.8, 4) is 11.4 Å². The highest BCUT2D eigenvalue weighted by atomic mass is 32.2. The van der Waals surface area contributed by atoms with Crippen molar-refractivity contribution in [2.45, 2.75) is 38.5 Å². The molecule has 0 aliphatic carbocycles. The van der Waals surface area contributed by atoms with E-state index in [9.17, 15) is 13.2 Å². The Labute approximate surface area is 196 Å². The Kier molecular flexibility index (Phi) is 5.45. The molecule has 0 bridgehead atoms. The molecule has 1 N–H and O–H groups in total. The van der Waals surface area contributed by atoms with E-state index in [1.54, 1.807) is 30.5 Å². The first-order chi connectivity index (χ1) is 16.3. The lowest BCUT2D eigenvalue weighted by Gasteiger charge is -2.38. The lowest BCUT2D eigenvalue weighted by molar-refractivity contribution is 0.102. The molecule has 1 amide bonds. The number of anilines is 1. The van der Waals surface area contributed by atoms with Gasteiger partial charge in [-0.05, 0) is 51.0 Å². The summed E-state index contributed by atoms with van der Waals surface area (Å²) >= 11 is 0. The number of aromatic nitrogens is 4. The Balaban J connectivity index is 1.38. The van der Waals surface area contributed by atoms with Crippen LogP contribution >= 0.6 is 0 Å². The summed E-state index contributed by atoms with van der Waals surface area (Å²) in [5.74, 6) is 0.299. The fourth-order valence-corrected chi connectivity index (χ4v) is 5.31. The predicted molar refractivity (Wildman–Crippen MR) is 126 cm³/mol. The molecule has 10 nitrogen and oxygen atoms in total. The number of carbonyl (C=O) groups excluding carboxylic acids is 1. The molecule has 1 aliphatic heterocycles. The molecule has 0 unspecified atom stereocenters. The molecular formula is C23H24N6O4S. The molecule has 1 aromatic carbocycles. The number of nitrogens with zero attached hydrogens (tertiary/aromatic N) is 5. The lowest BCUT2D eigenvalue weighted by Crippen LogP contribution is -2.47. The number of sulfonamides is 1. The number of nitrogens with one attached hydrogen (secondary N) is 1. The van der Waals surface area contributed by atoms with Crippen LogP contribution in [0.2, 0.25) is 0 Å². The van der Waals surface area contributed by atoms with Crippen LogP contribution in [0.15, 0.2) is 53.3 Å². The van der Waals surface area contributed by atoms with E-state index in [1.165, 1.54) is 10.5 Å². The average molecular weight is 481 g/mol. The van der Waals surface area contributed by atoms with Gasteiger partial charge in [-0.15, -0.1) is 0 Å². The molecule has 5 rings (SSSR count). The highest BCUT2D eigenvalue weighted by molar-refractivity contribution is 7.89. The van der Waals surface area contributed by atoms with Gasteiger partial charge in [0.05, 0.1) is 11.4 Å². The Bertz CT molecular complexity index is 1490. The van der Waals surface area contributed by atoms with Crippen molar-refractivity contribution < 1.29 is 17.7 Å². The van der Waals surface area contributed by atoms with Crippen LogP contribution in [0.3, 0.4) is 0 Å². The highest BCUT2D eigenvalue weighted by Crippen LogP contribution is 2.37. The van der Waals surface area contributed by atoms with Crippen molar-refractivity contribution in [2.75, 3.05) is 11.9 Å². The van der Waals surface area contributed by atoms with E-state index in [0.717, 1.165) is 5.56 Å². The van der Waals surface area contributed by atoms with E-state index >= 15 is 0 Å². The molecule has 1 saturated heterocycles. The molecule has 4 aromatic rings. The Morgan fingerprint density at radius 3 is 2.79 bits per heavy atom. The van der Waals surface area contributed by atoms with Crippen LogP contribution in [0.25, 0.3) is 17.0 Å². The van der Waals surface area contributed by atoms with E-state index in [1.807, 2.05) is 37.3 Å². The van der Waals surface area contributed by atoms with Crippen LogP contribution in [0, 0.1) is 6.92 Å². The van der Waals surface area contributed by atoms with Gasteiger partial charge in [0.25, 0.3) is 5.91 Å². The van der Waals surface area contributed by atoms with Gasteiger partial charge in [-0.1, -0.05) is 23.4 Å². The van der Waals surface area contributed by atoms with Gasteiger partial charge in [-0.3, -0.25) is 9.20 Å². The molecule has 1 aliphatic rings. The van der Waals surface area contributed by atoms with E-state index in [4.69, 9.17) is 4.52 Å². The first-order valence-corrected chi connectivity index (χ1v) is 12.4. The fourth-order valence-electron chi connectivity index (χ4n) is 3.86.